The van der Waals surface area contributed by atoms with Gasteiger partial charge in [0.1, 0.15) is 0 Å². The molecule has 2 rings (SSSR count). The van der Waals surface area contributed by atoms with Crippen LogP contribution in [0.15, 0.2) is 48.5 Å². The van der Waals surface area contributed by atoms with Gasteiger partial charge in [-0.2, -0.15) is 0 Å². The molecule has 3 N–H and O–H groups in total. The number of nitrogens with one attached hydrogen (secondary N) is 1. The lowest BCUT2D eigenvalue weighted by Crippen LogP contribution is -2.28. The summed E-state index contributed by atoms with van der Waals surface area (Å²) in [6, 6.07) is 14.0. The highest BCUT2D eigenvalue weighted by Gasteiger charge is 2.10. The van der Waals surface area contributed by atoms with Crippen molar-refractivity contribution in [3.05, 3.63) is 65.5 Å². The lowest BCUT2D eigenvalue weighted by atomic mass is 10.2. The van der Waals surface area contributed by atoms with Crippen LogP contribution in [0.2, 0.25) is 0 Å². The highest BCUT2D eigenvalue weighted by molar-refractivity contribution is 5.77. The van der Waals surface area contributed by atoms with E-state index in [1.54, 1.807) is 12.1 Å². The molecular weight excluding hydrogens is 271 g/mol. The van der Waals surface area contributed by atoms with Crippen LogP contribution in [0.1, 0.15) is 11.1 Å². The summed E-state index contributed by atoms with van der Waals surface area (Å²) in [7, 11) is 0. The molecule has 4 nitrogen and oxygen atoms in total. The first-order chi connectivity index (χ1) is 10.2. The van der Waals surface area contributed by atoms with Gasteiger partial charge in [0.15, 0.2) is 18.2 Å². The predicted molar refractivity (Wildman–Crippen MR) is 78.1 cm³/mol. The molecule has 0 radical (unpaired) electrons. The molecule has 21 heavy (non-hydrogen) atoms. The summed E-state index contributed by atoms with van der Waals surface area (Å²) in [6.45, 7) is 0.309. The lowest BCUT2D eigenvalue weighted by molar-refractivity contribution is -0.123. The fourth-order valence-electron chi connectivity index (χ4n) is 1.86. The zero-order valence-corrected chi connectivity index (χ0v) is 11.5. The van der Waals surface area contributed by atoms with Gasteiger partial charge in [-0.3, -0.25) is 4.79 Å². The maximum atomic E-state index is 13.6. The van der Waals surface area contributed by atoms with Gasteiger partial charge in [-0.25, -0.2) is 4.39 Å². The number of rotatable bonds is 6. The summed E-state index contributed by atoms with van der Waals surface area (Å²) in [5, 5.41) is 2.71. The van der Waals surface area contributed by atoms with Crippen LogP contribution >= 0.6 is 0 Å². The lowest BCUT2D eigenvalue weighted by Gasteiger charge is -2.11. The third-order valence-electron chi connectivity index (χ3n) is 2.95. The second kappa shape index (κ2) is 7.40. The van der Waals surface area contributed by atoms with Gasteiger partial charge in [-0.05, 0) is 11.6 Å². The minimum absolute atomic E-state index is 0.0369. The maximum absolute atomic E-state index is 13.6. The van der Waals surface area contributed by atoms with Crippen LogP contribution in [0.3, 0.4) is 0 Å². The topological polar surface area (TPSA) is 64.3 Å². The van der Waals surface area contributed by atoms with Gasteiger partial charge >= 0.3 is 0 Å². The number of benzene rings is 2. The molecule has 0 aliphatic heterocycles. The Morgan fingerprint density at radius 2 is 1.90 bits per heavy atom. The summed E-state index contributed by atoms with van der Waals surface area (Å²) in [5.74, 6) is -0.797. The second-order valence-electron chi connectivity index (χ2n) is 4.48. The Labute approximate surface area is 122 Å². The number of hydrogen-bond donors (Lipinski definition) is 2. The molecule has 2 aromatic carbocycles. The molecule has 2 aromatic rings. The number of halogens is 1. The normalized spacial score (nSPS) is 10.2. The first-order valence-corrected chi connectivity index (χ1v) is 6.61. The SMILES string of the molecule is NCc1cccc(F)c1OCC(=O)NCc1ccccc1. The Kier molecular flexibility index (Phi) is 5.29. The fraction of sp³-hybridized carbons (Fsp3) is 0.188. The third-order valence-corrected chi connectivity index (χ3v) is 2.95. The van der Waals surface area contributed by atoms with Crippen molar-refractivity contribution in [2.24, 2.45) is 5.73 Å². The van der Waals surface area contributed by atoms with Crippen LogP contribution in [-0.4, -0.2) is 12.5 Å². The molecule has 0 spiro atoms. The van der Waals surface area contributed by atoms with Crippen molar-refractivity contribution in [2.45, 2.75) is 13.1 Å². The maximum Gasteiger partial charge on any atom is 0.258 e. The number of hydrogen-bond acceptors (Lipinski definition) is 3. The summed E-state index contributed by atoms with van der Waals surface area (Å²) >= 11 is 0. The Morgan fingerprint density at radius 1 is 1.14 bits per heavy atom. The van der Waals surface area contributed by atoms with Crippen molar-refractivity contribution in [3.8, 4) is 5.75 Å². The van der Waals surface area contributed by atoms with E-state index in [1.165, 1.54) is 6.07 Å². The van der Waals surface area contributed by atoms with E-state index >= 15 is 0 Å². The van der Waals surface area contributed by atoms with Crippen LogP contribution < -0.4 is 15.8 Å². The van der Waals surface area contributed by atoms with Crippen LogP contribution in [0, 0.1) is 5.82 Å². The van der Waals surface area contributed by atoms with Crippen molar-refractivity contribution in [3.63, 3.8) is 0 Å². The zero-order valence-electron chi connectivity index (χ0n) is 11.5. The number of ether oxygens (including phenoxy) is 1. The molecule has 0 saturated heterocycles. The number of nitrogens with two attached hydrogens (primary N) is 1. The molecule has 0 heterocycles. The van der Waals surface area contributed by atoms with E-state index in [9.17, 15) is 9.18 Å². The Hall–Kier alpha value is -2.40. The largest absolute Gasteiger partial charge is 0.480 e. The molecule has 110 valence electrons. The van der Waals surface area contributed by atoms with Crippen molar-refractivity contribution in [2.75, 3.05) is 6.61 Å². The fourth-order valence-corrected chi connectivity index (χ4v) is 1.86. The van der Waals surface area contributed by atoms with Gasteiger partial charge in [0.2, 0.25) is 0 Å². The van der Waals surface area contributed by atoms with Gasteiger partial charge in [-0.15, -0.1) is 0 Å². The molecule has 0 aromatic heterocycles. The van der Waals surface area contributed by atoms with E-state index in [2.05, 4.69) is 5.32 Å². The molecule has 0 aliphatic rings. The van der Waals surface area contributed by atoms with Crippen molar-refractivity contribution >= 4 is 5.91 Å². The van der Waals surface area contributed by atoms with Gasteiger partial charge in [0, 0.05) is 18.7 Å². The zero-order chi connectivity index (χ0) is 15.1. The highest BCUT2D eigenvalue weighted by Crippen LogP contribution is 2.21. The Morgan fingerprint density at radius 3 is 2.62 bits per heavy atom. The first-order valence-electron chi connectivity index (χ1n) is 6.61. The van der Waals surface area contributed by atoms with Gasteiger partial charge in [-0.1, -0.05) is 42.5 Å². The standard InChI is InChI=1S/C16H17FN2O2/c17-14-8-4-7-13(9-18)16(14)21-11-15(20)19-10-12-5-2-1-3-6-12/h1-8H,9-11,18H2,(H,19,20). The number of carbonyl (C=O) groups excluding carboxylic acids is 1. The van der Waals surface area contributed by atoms with E-state index < -0.39 is 5.82 Å². The molecule has 0 aliphatic carbocycles. The minimum atomic E-state index is -0.520. The smallest absolute Gasteiger partial charge is 0.258 e. The van der Waals surface area contributed by atoms with Gasteiger partial charge in [0.25, 0.3) is 5.91 Å². The average Bonchev–Trinajstić information content (AvgIpc) is 2.52. The molecule has 0 atom stereocenters. The Balaban J connectivity index is 1.87. The van der Waals surface area contributed by atoms with Crippen LogP contribution in [0.4, 0.5) is 4.39 Å². The van der Waals surface area contributed by atoms with E-state index in [4.69, 9.17) is 10.5 Å². The molecule has 0 bridgehead atoms. The summed E-state index contributed by atoms with van der Waals surface area (Å²) in [6.07, 6.45) is 0. The van der Waals surface area contributed by atoms with Gasteiger partial charge < -0.3 is 15.8 Å². The molecule has 1 amide bonds. The van der Waals surface area contributed by atoms with Crippen molar-refractivity contribution in [1.82, 2.24) is 5.32 Å². The number of amides is 1. The quantitative estimate of drug-likeness (QED) is 0.854. The molecule has 0 unspecified atom stereocenters. The van der Waals surface area contributed by atoms with Crippen molar-refractivity contribution in [1.29, 1.82) is 0 Å². The van der Waals surface area contributed by atoms with E-state index in [1.807, 2.05) is 30.3 Å². The summed E-state index contributed by atoms with van der Waals surface area (Å²) in [5.41, 5.74) is 7.03. The first kappa shape index (κ1) is 15.0. The minimum Gasteiger partial charge on any atom is -0.480 e. The molecule has 0 saturated carbocycles. The van der Waals surface area contributed by atoms with Crippen LogP contribution in [0.5, 0.6) is 5.75 Å². The molecular formula is C16H17FN2O2. The van der Waals surface area contributed by atoms with E-state index in [-0.39, 0.29) is 24.8 Å². The average molecular weight is 288 g/mol. The second-order valence-corrected chi connectivity index (χ2v) is 4.48. The predicted octanol–water partition coefficient (Wildman–Crippen LogP) is 1.98. The Bertz CT molecular complexity index is 602. The monoisotopic (exact) mass is 288 g/mol. The number of carbonyl (C=O) groups is 1. The summed E-state index contributed by atoms with van der Waals surface area (Å²) in [4.78, 5) is 11.7. The highest BCUT2D eigenvalue weighted by atomic mass is 19.1. The van der Waals surface area contributed by atoms with E-state index in [0.717, 1.165) is 5.56 Å². The van der Waals surface area contributed by atoms with Crippen LogP contribution in [-0.2, 0) is 17.9 Å². The van der Waals surface area contributed by atoms with E-state index in [0.29, 0.717) is 12.1 Å². The van der Waals surface area contributed by atoms with Crippen molar-refractivity contribution < 1.29 is 13.9 Å². The summed E-state index contributed by atoms with van der Waals surface area (Å²) < 4.78 is 18.9. The molecule has 0 fully saturated rings. The molecule has 5 heteroatoms. The van der Waals surface area contributed by atoms with Crippen LogP contribution in [0.25, 0.3) is 0 Å². The van der Waals surface area contributed by atoms with Gasteiger partial charge in [0.05, 0.1) is 0 Å². The number of para-hydroxylation sites is 1. The third kappa shape index (κ3) is 4.29.